The molecule has 1 fully saturated rings. The van der Waals surface area contributed by atoms with Gasteiger partial charge in [-0.2, -0.15) is 5.26 Å². The third-order valence-electron chi connectivity index (χ3n) is 3.65. The normalized spacial score (nSPS) is 18.3. The summed E-state index contributed by atoms with van der Waals surface area (Å²) in [5, 5.41) is 19.1. The number of nitrogens with zero attached hydrogens (tertiary/aromatic N) is 2. The molecular weight excluding hydrogens is 240 g/mol. The molecule has 1 atom stereocenters. The zero-order valence-corrected chi connectivity index (χ0v) is 11.3. The molecule has 1 N–H and O–H groups in total. The largest absolute Gasteiger partial charge is 0.504 e. The highest BCUT2D eigenvalue weighted by atomic mass is 16.5. The van der Waals surface area contributed by atoms with Crippen molar-refractivity contribution < 1.29 is 9.84 Å². The highest BCUT2D eigenvalue weighted by molar-refractivity contribution is 5.43. The molecule has 0 radical (unpaired) electrons. The number of hydrogen-bond acceptors (Lipinski definition) is 4. The zero-order chi connectivity index (χ0) is 13.7. The van der Waals surface area contributed by atoms with Gasteiger partial charge in [-0.15, -0.1) is 0 Å². The maximum absolute atomic E-state index is 9.62. The number of rotatable bonds is 3. The van der Waals surface area contributed by atoms with Crippen molar-refractivity contribution in [2.45, 2.75) is 31.7 Å². The fourth-order valence-electron chi connectivity index (χ4n) is 2.58. The van der Waals surface area contributed by atoms with Crippen LogP contribution in [0.4, 0.5) is 0 Å². The van der Waals surface area contributed by atoms with Crippen LogP contribution in [0.3, 0.4) is 0 Å². The topological polar surface area (TPSA) is 56.5 Å². The van der Waals surface area contributed by atoms with Crippen LogP contribution in [0.5, 0.6) is 11.5 Å². The molecule has 4 heteroatoms. The summed E-state index contributed by atoms with van der Waals surface area (Å²) in [6.07, 6.45) is 4.78. The SMILES string of the molecule is COc1cc([C@H](C#N)N2CCCCCC2)ccc1O. The third-order valence-corrected chi connectivity index (χ3v) is 3.65. The Morgan fingerprint density at radius 2 is 1.95 bits per heavy atom. The van der Waals surface area contributed by atoms with Crippen LogP contribution in [0.2, 0.25) is 0 Å². The van der Waals surface area contributed by atoms with Crippen LogP contribution in [0, 0.1) is 11.3 Å². The van der Waals surface area contributed by atoms with Gasteiger partial charge in [-0.05, 0) is 43.6 Å². The molecule has 0 bridgehead atoms. The fraction of sp³-hybridized carbons (Fsp3) is 0.533. The minimum atomic E-state index is -0.257. The Balaban J connectivity index is 2.23. The quantitative estimate of drug-likeness (QED) is 0.908. The molecule has 0 spiro atoms. The third kappa shape index (κ3) is 3.18. The predicted octanol–water partition coefficient (Wildman–Crippen LogP) is 2.84. The standard InChI is InChI=1S/C15H20N2O2/c1-19-15-10-12(6-7-14(15)18)13(11-16)17-8-4-2-3-5-9-17/h6-7,10,13,18H,2-5,8-9H2,1H3/t13-/m0/s1. The highest BCUT2D eigenvalue weighted by Crippen LogP contribution is 2.31. The van der Waals surface area contributed by atoms with Crippen LogP contribution in [-0.4, -0.2) is 30.2 Å². The maximum Gasteiger partial charge on any atom is 0.160 e. The molecule has 1 saturated heterocycles. The Bertz CT molecular complexity index is 460. The number of methoxy groups -OCH3 is 1. The van der Waals surface area contributed by atoms with E-state index >= 15 is 0 Å². The number of benzene rings is 1. The Kier molecular flexibility index (Phi) is 4.64. The molecule has 1 aromatic carbocycles. The van der Waals surface area contributed by atoms with Gasteiger partial charge in [0.1, 0.15) is 6.04 Å². The van der Waals surface area contributed by atoms with Crippen LogP contribution in [0.1, 0.15) is 37.3 Å². The summed E-state index contributed by atoms with van der Waals surface area (Å²) in [5.74, 6) is 0.534. The first kappa shape index (κ1) is 13.7. The average molecular weight is 260 g/mol. The maximum atomic E-state index is 9.62. The predicted molar refractivity (Wildman–Crippen MR) is 73.1 cm³/mol. The number of nitriles is 1. The lowest BCUT2D eigenvalue weighted by Crippen LogP contribution is -2.28. The number of aromatic hydroxyl groups is 1. The van der Waals surface area contributed by atoms with Crippen LogP contribution >= 0.6 is 0 Å². The van der Waals surface area contributed by atoms with E-state index in [1.54, 1.807) is 18.2 Å². The van der Waals surface area contributed by atoms with E-state index in [1.807, 2.05) is 0 Å². The van der Waals surface area contributed by atoms with E-state index in [9.17, 15) is 10.4 Å². The van der Waals surface area contributed by atoms with Crippen molar-refractivity contribution in [1.29, 1.82) is 5.26 Å². The lowest BCUT2D eigenvalue weighted by Gasteiger charge is -2.25. The molecule has 1 aromatic rings. The van der Waals surface area contributed by atoms with Gasteiger partial charge in [-0.1, -0.05) is 18.9 Å². The summed E-state index contributed by atoms with van der Waals surface area (Å²) in [6, 6.07) is 7.27. The Morgan fingerprint density at radius 1 is 1.26 bits per heavy atom. The summed E-state index contributed by atoms with van der Waals surface area (Å²) in [6.45, 7) is 1.92. The molecule has 1 aliphatic heterocycles. The van der Waals surface area contributed by atoms with Gasteiger partial charge in [-0.25, -0.2) is 0 Å². The van der Waals surface area contributed by atoms with Crippen LogP contribution < -0.4 is 4.74 Å². The molecule has 1 heterocycles. The fourth-order valence-corrected chi connectivity index (χ4v) is 2.58. The number of likely N-dealkylation sites (tertiary alicyclic amines) is 1. The number of phenols is 1. The molecule has 102 valence electrons. The molecule has 0 saturated carbocycles. The van der Waals surface area contributed by atoms with Gasteiger partial charge in [0.15, 0.2) is 11.5 Å². The van der Waals surface area contributed by atoms with Gasteiger partial charge in [-0.3, -0.25) is 4.90 Å². The number of hydrogen-bond donors (Lipinski definition) is 1. The van der Waals surface area contributed by atoms with E-state index in [0.29, 0.717) is 5.75 Å². The smallest absolute Gasteiger partial charge is 0.160 e. The van der Waals surface area contributed by atoms with Crippen molar-refractivity contribution in [3.8, 4) is 17.6 Å². The summed E-state index contributed by atoms with van der Waals surface area (Å²) in [4.78, 5) is 2.22. The van der Waals surface area contributed by atoms with Crippen LogP contribution in [0.25, 0.3) is 0 Å². The van der Waals surface area contributed by atoms with Crippen molar-refractivity contribution in [2.24, 2.45) is 0 Å². The van der Waals surface area contributed by atoms with Crippen LogP contribution in [0.15, 0.2) is 18.2 Å². The highest BCUT2D eigenvalue weighted by Gasteiger charge is 2.22. The molecule has 2 rings (SSSR count). The second kappa shape index (κ2) is 6.44. The van der Waals surface area contributed by atoms with E-state index in [4.69, 9.17) is 4.74 Å². The Hall–Kier alpha value is -1.73. The monoisotopic (exact) mass is 260 g/mol. The zero-order valence-electron chi connectivity index (χ0n) is 11.3. The van der Waals surface area contributed by atoms with Crippen molar-refractivity contribution >= 4 is 0 Å². The van der Waals surface area contributed by atoms with Gasteiger partial charge in [0.25, 0.3) is 0 Å². The minimum absolute atomic E-state index is 0.110. The van der Waals surface area contributed by atoms with E-state index in [0.717, 1.165) is 31.5 Å². The van der Waals surface area contributed by atoms with E-state index in [2.05, 4.69) is 11.0 Å². The molecule has 19 heavy (non-hydrogen) atoms. The second-order valence-electron chi connectivity index (χ2n) is 4.91. The van der Waals surface area contributed by atoms with E-state index < -0.39 is 0 Å². The van der Waals surface area contributed by atoms with Crippen molar-refractivity contribution in [1.82, 2.24) is 4.90 Å². The van der Waals surface area contributed by atoms with Gasteiger partial charge < -0.3 is 9.84 Å². The number of ether oxygens (including phenoxy) is 1. The van der Waals surface area contributed by atoms with Gasteiger partial charge in [0, 0.05) is 0 Å². The first-order valence-corrected chi connectivity index (χ1v) is 6.77. The second-order valence-corrected chi connectivity index (χ2v) is 4.91. The molecule has 0 amide bonds. The molecule has 0 unspecified atom stereocenters. The van der Waals surface area contributed by atoms with Gasteiger partial charge >= 0.3 is 0 Å². The summed E-state index contributed by atoms with van der Waals surface area (Å²) in [5.41, 5.74) is 0.888. The van der Waals surface area contributed by atoms with E-state index in [1.165, 1.54) is 20.0 Å². The van der Waals surface area contributed by atoms with Gasteiger partial charge in [0.05, 0.1) is 13.2 Å². The van der Waals surface area contributed by atoms with Crippen molar-refractivity contribution in [2.75, 3.05) is 20.2 Å². The Labute approximate surface area is 114 Å². The number of phenolic OH excluding ortho intramolecular Hbond substituents is 1. The molecule has 1 aliphatic rings. The van der Waals surface area contributed by atoms with Crippen molar-refractivity contribution in [3.63, 3.8) is 0 Å². The Morgan fingerprint density at radius 3 is 2.53 bits per heavy atom. The van der Waals surface area contributed by atoms with Crippen LogP contribution in [-0.2, 0) is 0 Å². The summed E-state index contributed by atoms with van der Waals surface area (Å²) in [7, 11) is 1.52. The van der Waals surface area contributed by atoms with E-state index in [-0.39, 0.29) is 11.8 Å². The lowest BCUT2D eigenvalue weighted by molar-refractivity contribution is 0.245. The molecule has 4 nitrogen and oxygen atoms in total. The lowest BCUT2D eigenvalue weighted by atomic mass is 10.1. The minimum Gasteiger partial charge on any atom is -0.504 e. The average Bonchev–Trinajstić information content (AvgIpc) is 2.70. The molecule has 0 aliphatic carbocycles. The molecule has 0 aromatic heterocycles. The van der Waals surface area contributed by atoms with Crippen molar-refractivity contribution in [3.05, 3.63) is 23.8 Å². The van der Waals surface area contributed by atoms with Gasteiger partial charge in [0.2, 0.25) is 0 Å². The summed E-state index contributed by atoms with van der Waals surface area (Å²) < 4.78 is 5.11. The molecular formula is C15H20N2O2. The first-order valence-electron chi connectivity index (χ1n) is 6.77. The summed E-state index contributed by atoms with van der Waals surface area (Å²) >= 11 is 0. The first-order chi connectivity index (χ1) is 9.26.